The Labute approximate surface area is 120 Å². The molecule has 1 aromatic carbocycles. The fraction of sp³-hybridized carbons (Fsp3) is 0.500. The summed E-state index contributed by atoms with van der Waals surface area (Å²) in [5, 5.41) is 0. The van der Waals surface area contributed by atoms with Crippen LogP contribution < -0.4 is 0 Å². The molecule has 0 aromatic heterocycles. The van der Waals surface area contributed by atoms with Gasteiger partial charge in [0.05, 0.1) is 17.7 Å². The number of hydrogen-bond donors (Lipinski definition) is 0. The molecule has 0 N–H and O–H groups in total. The molecule has 4 heteroatoms. The first-order chi connectivity index (χ1) is 9.15. The van der Waals surface area contributed by atoms with Gasteiger partial charge in [-0.1, -0.05) is 0 Å². The normalized spacial score (nSPS) is 11.1. The van der Waals surface area contributed by atoms with Gasteiger partial charge in [-0.2, -0.15) is 0 Å². The fourth-order valence-corrected chi connectivity index (χ4v) is 1.70. The van der Waals surface area contributed by atoms with E-state index < -0.39 is 17.5 Å². The number of hydrogen-bond acceptors (Lipinski definition) is 4. The Morgan fingerprint density at radius 2 is 1.45 bits per heavy atom. The third-order valence-corrected chi connectivity index (χ3v) is 2.75. The summed E-state index contributed by atoms with van der Waals surface area (Å²) in [6.07, 6.45) is 0. The summed E-state index contributed by atoms with van der Waals surface area (Å²) in [6.45, 7) is 11.1. The zero-order valence-corrected chi connectivity index (χ0v) is 13.0. The smallest absolute Gasteiger partial charge is 0.339 e. The van der Waals surface area contributed by atoms with Gasteiger partial charge in [-0.15, -0.1) is 0 Å². The highest BCUT2D eigenvalue weighted by Crippen LogP contribution is 2.20. The minimum absolute atomic E-state index is 0.251. The summed E-state index contributed by atoms with van der Waals surface area (Å²) >= 11 is 0. The van der Waals surface area contributed by atoms with Gasteiger partial charge in [-0.05, 0) is 64.8 Å². The molecule has 0 saturated heterocycles. The zero-order chi connectivity index (χ0) is 15.5. The van der Waals surface area contributed by atoms with Gasteiger partial charge in [0.15, 0.2) is 0 Å². The van der Waals surface area contributed by atoms with Crippen LogP contribution in [0.25, 0.3) is 0 Å². The van der Waals surface area contributed by atoms with Crippen molar-refractivity contribution in [3.63, 3.8) is 0 Å². The molecule has 1 aromatic rings. The lowest BCUT2D eigenvalue weighted by Crippen LogP contribution is -2.25. The van der Waals surface area contributed by atoms with Crippen molar-refractivity contribution in [1.82, 2.24) is 0 Å². The highest BCUT2D eigenvalue weighted by molar-refractivity contribution is 6.03. The third-order valence-electron chi connectivity index (χ3n) is 2.75. The van der Waals surface area contributed by atoms with Crippen LogP contribution >= 0.6 is 0 Å². The molecule has 20 heavy (non-hydrogen) atoms. The summed E-state index contributed by atoms with van der Waals surface area (Å²) in [4.78, 5) is 24.2. The minimum Gasteiger partial charge on any atom is -0.462 e. The molecule has 0 aliphatic heterocycles. The Morgan fingerprint density at radius 1 is 1.00 bits per heavy atom. The summed E-state index contributed by atoms with van der Waals surface area (Å²) in [7, 11) is 0. The molecule has 0 radical (unpaired) electrons. The number of ether oxygens (including phenoxy) is 2. The van der Waals surface area contributed by atoms with Crippen LogP contribution in [0.3, 0.4) is 0 Å². The number of carbonyl (C=O) groups is 2. The van der Waals surface area contributed by atoms with Gasteiger partial charge in [0, 0.05) is 0 Å². The van der Waals surface area contributed by atoms with E-state index in [4.69, 9.17) is 9.47 Å². The molecule has 0 fully saturated rings. The second-order valence-electron chi connectivity index (χ2n) is 5.70. The van der Waals surface area contributed by atoms with E-state index >= 15 is 0 Å². The number of aryl methyl sites for hydroxylation is 2. The predicted octanol–water partition coefficient (Wildman–Crippen LogP) is 3.44. The van der Waals surface area contributed by atoms with E-state index in [9.17, 15) is 9.59 Å². The predicted molar refractivity (Wildman–Crippen MR) is 77.0 cm³/mol. The van der Waals surface area contributed by atoms with Crippen molar-refractivity contribution in [3.8, 4) is 0 Å². The van der Waals surface area contributed by atoms with Crippen molar-refractivity contribution in [1.29, 1.82) is 0 Å². The molecule has 0 unspecified atom stereocenters. The van der Waals surface area contributed by atoms with Crippen LogP contribution in [0.15, 0.2) is 12.1 Å². The second kappa shape index (κ2) is 6.07. The Hall–Kier alpha value is -1.84. The van der Waals surface area contributed by atoms with Gasteiger partial charge < -0.3 is 9.47 Å². The number of esters is 2. The van der Waals surface area contributed by atoms with Gasteiger partial charge in [0.2, 0.25) is 0 Å². The molecule has 0 aliphatic rings. The average molecular weight is 278 g/mol. The molecular weight excluding hydrogens is 256 g/mol. The van der Waals surface area contributed by atoms with E-state index in [1.807, 2.05) is 13.8 Å². The largest absolute Gasteiger partial charge is 0.462 e. The Kier molecular flexibility index (Phi) is 4.93. The average Bonchev–Trinajstić information content (AvgIpc) is 2.30. The van der Waals surface area contributed by atoms with Crippen LogP contribution in [0.5, 0.6) is 0 Å². The van der Waals surface area contributed by atoms with E-state index in [-0.39, 0.29) is 17.7 Å². The molecule has 0 aliphatic carbocycles. The molecule has 1 rings (SSSR count). The molecule has 4 nitrogen and oxygen atoms in total. The van der Waals surface area contributed by atoms with Gasteiger partial charge >= 0.3 is 11.9 Å². The van der Waals surface area contributed by atoms with E-state index in [1.54, 1.807) is 39.8 Å². The maximum atomic E-state index is 12.2. The molecular formula is C16H22O4. The highest BCUT2D eigenvalue weighted by Gasteiger charge is 2.24. The number of rotatable bonds is 3. The Bertz CT molecular complexity index is 524. The first-order valence-corrected chi connectivity index (χ1v) is 6.67. The summed E-state index contributed by atoms with van der Waals surface area (Å²) in [6, 6.07) is 3.35. The molecule has 0 saturated carbocycles. The molecule has 0 amide bonds. The van der Waals surface area contributed by atoms with Crippen LogP contribution in [0, 0.1) is 13.8 Å². The minimum atomic E-state index is -0.609. The zero-order valence-electron chi connectivity index (χ0n) is 13.0. The molecule has 110 valence electrons. The van der Waals surface area contributed by atoms with Crippen LogP contribution in [-0.2, 0) is 9.47 Å². The third kappa shape index (κ3) is 4.08. The standard InChI is InChI=1S/C16H22O4/c1-7-19-14(17)12-8-10(2)11(3)9-13(12)15(18)20-16(4,5)6/h8-9H,7H2,1-6H3. The maximum Gasteiger partial charge on any atom is 0.339 e. The summed E-state index contributed by atoms with van der Waals surface area (Å²) < 4.78 is 10.3. The van der Waals surface area contributed by atoms with Crippen molar-refractivity contribution in [2.75, 3.05) is 6.61 Å². The van der Waals surface area contributed by atoms with Crippen molar-refractivity contribution >= 4 is 11.9 Å². The topological polar surface area (TPSA) is 52.6 Å². The maximum absolute atomic E-state index is 12.2. The van der Waals surface area contributed by atoms with Crippen molar-refractivity contribution in [2.45, 2.75) is 47.1 Å². The van der Waals surface area contributed by atoms with Gasteiger partial charge in [0.1, 0.15) is 5.60 Å². The first-order valence-electron chi connectivity index (χ1n) is 6.67. The second-order valence-corrected chi connectivity index (χ2v) is 5.70. The van der Waals surface area contributed by atoms with Crippen LogP contribution in [0.4, 0.5) is 0 Å². The summed E-state index contributed by atoms with van der Waals surface area (Å²) in [5.74, 6) is -1.01. The van der Waals surface area contributed by atoms with Crippen LogP contribution in [-0.4, -0.2) is 24.1 Å². The van der Waals surface area contributed by atoms with E-state index in [0.717, 1.165) is 11.1 Å². The molecule has 0 spiro atoms. The lowest BCUT2D eigenvalue weighted by molar-refractivity contribution is 0.00642. The van der Waals surface area contributed by atoms with Gasteiger partial charge in [-0.3, -0.25) is 0 Å². The molecule has 0 atom stereocenters. The molecule has 0 bridgehead atoms. The van der Waals surface area contributed by atoms with Crippen LogP contribution in [0.1, 0.15) is 59.5 Å². The Balaban J connectivity index is 3.26. The van der Waals surface area contributed by atoms with Crippen molar-refractivity contribution < 1.29 is 19.1 Å². The fourth-order valence-electron chi connectivity index (χ4n) is 1.70. The lowest BCUT2D eigenvalue weighted by atomic mass is 9.99. The first kappa shape index (κ1) is 16.2. The Morgan fingerprint density at radius 3 is 1.85 bits per heavy atom. The van der Waals surface area contributed by atoms with Crippen molar-refractivity contribution in [3.05, 3.63) is 34.4 Å². The molecule has 0 heterocycles. The lowest BCUT2D eigenvalue weighted by Gasteiger charge is -2.21. The van der Waals surface area contributed by atoms with E-state index in [0.29, 0.717) is 0 Å². The quantitative estimate of drug-likeness (QED) is 0.795. The number of carbonyl (C=O) groups excluding carboxylic acids is 2. The van der Waals surface area contributed by atoms with Crippen molar-refractivity contribution in [2.24, 2.45) is 0 Å². The van der Waals surface area contributed by atoms with E-state index in [2.05, 4.69) is 0 Å². The highest BCUT2D eigenvalue weighted by atomic mass is 16.6. The number of benzene rings is 1. The summed E-state index contributed by atoms with van der Waals surface area (Å²) in [5.41, 5.74) is 1.76. The van der Waals surface area contributed by atoms with Gasteiger partial charge in [0.25, 0.3) is 0 Å². The monoisotopic (exact) mass is 278 g/mol. The van der Waals surface area contributed by atoms with E-state index in [1.165, 1.54) is 0 Å². The van der Waals surface area contributed by atoms with Gasteiger partial charge in [-0.25, -0.2) is 9.59 Å². The van der Waals surface area contributed by atoms with Crippen LogP contribution in [0.2, 0.25) is 0 Å². The SMILES string of the molecule is CCOC(=O)c1cc(C)c(C)cc1C(=O)OC(C)(C)C.